The molecule has 0 fully saturated rings. The molecule has 0 atom stereocenters. The number of halogens is 3. The van der Waals surface area contributed by atoms with Crippen LogP contribution in [0.3, 0.4) is 0 Å². The lowest BCUT2D eigenvalue weighted by Gasteiger charge is -2.15. The highest BCUT2D eigenvalue weighted by atomic mass is 32.1. The number of rotatable bonds is 4. The number of alkyl halides is 3. The van der Waals surface area contributed by atoms with Gasteiger partial charge >= 0.3 is 6.18 Å². The monoisotopic (exact) mass is 390 g/mol. The Kier molecular flexibility index (Phi) is 5.46. The molecule has 4 nitrogen and oxygen atoms in total. The largest absolute Gasteiger partial charge is 0.418 e. The SMILES string of the molecule is Cc1ccccc1Cn1cc(NC(=S)Nc2ccccc2C(F)(F)F)cn1. The molecule has 1 aromatic heterocycles. The van der Waals surface area contributed by atoms with E-state index in [-0.39, 0.29) is 10.8 Å². The predicted octanol–water partition coefficient (Wildman–Crippen LogP) is 5.07. The normalized spacial score (nSPS) is 11.3. The predicted molar refractivity (Wildman–Crippen MR) is 104 cm³/mol. The van der Waals surface area contributed by atoms with E-state index < -0.39 is 11.7 Å². The van der Waals surface area contributed by atoms with Crippen LogP contribution < -0.4 is 10.6 Å². The zero-order valence-corrected chi connectivity index (χ0v) is 15.2. The molecule has 0 aliphatic rings. The van der Waals surface area contributed by atoms with Gasteiger partial charge in [0.2, 0.25) is 0 Å². The first kappa shape index (κ1) is 18.9. The molecule has 2 aromatic carbocycles. The van der Waals surface area contributed by atoms with E-state index in [9.17, 15) is 13.2 Å². The van der Waals surface area contributed by atoms with Gasteiger partial charge in [-0.25, -0.2) is 0 Å². The maximum atomic E-state index is 13.1. The molecular formula is C19H17F3N4S. The third kappa shape index (κ3) is 4.85. The van der Waals surface area contributed by atoms with Crippen molar-refractivity contribution in [1.29, 1.82) is 0 Å². The Hall–Kier alpha value is -2.87. The Bertz CT molecular complexity index is 950. The summed E-state index contributed by atoms with van der Waals surface area (Å²) in [5.74, 6) is 0. The summed E-state index contributed by atoms with van der Waals surface area (Å²) in [6, 6.07) is 13.2. The van der Waals surface area contributed by atoms with E-state index in [0.717, 1.165) is 17.2 Å². The summed E-state index contributed by atoms with van der Waals surface area (Å²) in [7, 11) is 0. The highest BCUT2D eigenvalue weighted by Gasteiger charge is 2.33. The van der Waals surface area contributed by atoms with E-state index in [1.807, 2.05) is 31.2 Å². The summed E-state index contributed by atoms with van der Waals surface area (Å²) in [6.07, 6.45) is -1.14. The summed E-state index contributed by atoms with van der Waals surface area (Å²) in [5, 5.41) is 9.77. The summed E-state index contributed by atoms with van der Waals surface area (Å²) in [5.41, 5.74) is 2.00. The van der Waals surface area contributed by atoms with Crippen LogP contribution in [0.5, 0.6) is 0 Å². The van der Waals surface area contributed by atoms with Gasteiger partial charge in [0.1, 0.15) is 0 Å². The number of hydrogen-bond donors (Lipinski definition) is 2. The van der Waals surface area contributed by atoms with Crippen molar-refractivity contribution in [1.82, 2.24) is 9.78 Å². The Morgan fingerprint density at radius 3 is 2.52 bits per heavy atom. The van der Waals surface area contributed by atoms with Crippen LogP contribution in [0.1, 0.15) is 16.7 Å². The third-order valence-corrected chi connectivity index (χ3v) is 4.17. The fraction of sp³-hybridized carbons (Fsp3) is 0.158. The Balaban J connectivity index is 1.66. The first-order chi connectivity index (χ1) is 12.8. The number of hydrogen-bond acceptors (Lipinski definition) is 2. The molecule has 3 rings (SSSR count). The van der Waals surface area contributed by atoms with Gasteiger partial charge in [-0.2, -0.15) is 18.3 Å². The zero-order chi connectivity index (χ0) is 19.4. The average molecular weight is 390 g/mol. The fourth-order valence-corrected chi connectivity index (χ4v) is 2.83. The second kappa shape index (κ2) is 7.79. The van der Waals surface area contributed by atoms with E-state index in [2.05, 4.69) is 15.7 Å². The number of para-hydroxylation sites is 1. The number of aryl methyl sites for hydroxylation is 1. The second-order valence-corrected chi connectivity index (χ2v) is 6.38. The summed E-state index contributed by atoms with van der Waals surface area (Å²) >= 11 is 5.13. The molecule has 140 valence electrons. The quantitative estimate of drug-likeness (QED) is 0.611. The van der Waals surface area contributed by atoms with Crippen molar-refractivity contribution in [2.45, 2.75) is 19.6 Å². The fourth-order valence-electron chi connectivity index (χ4n) is 2.60. The first-order valence-corrected chi connectivity index (χ1v) is 8.55. The number of aromatic nitrogens is 2. The molecule has 1 heterocycles. The molecular weight excluding hydrogens is 373 g/mol. The van der Waals surface area contributed by atoms with Crippen molar-refractivity contribution in [3.8, 4) is 0 Å². The molecule has 3 aromatic rings. The molecule has 0 radical (unpaired) electrons. The molecule has 8 heteroatoms. The van der Waals surface area contributed by atoms with Crippen LogP contribution in [0, 0.1) is 6.92 Å². The van der Waals surface area contributed by atoms with Crippen LogP contribution in [0.4, 0.5) is 24.5 Å². The van der Waals surface area contributed by atoms with Crippen LogP contribution in [0.2, 0.25) is 0 Å². The molecule has 27 heavy (non-hydrogen) atoms. The number of thiocarbonyl (C=S) groups is 1. The van der Waals surface area contributed by atoms with Crippen molar-refractivity contribution in [2.24, 2.45) is 0 Å². The highest BCUT2D eigenvalue weighted by molar-refractivity contribution is 7.80. The molecule has 0 saturated heterocycles. The van der Waals surface area contributed by atoms with Gasteiger partial charge in [-0.1, -0.05) is 36.4 Å². The van der Waals surface area contributed by atoms with Crippen molar-refractivity contribution in [3.05, 3.63) is 77.6 Å². The zero-order valence-electron chi connectivity index (χ0n) is 14.4. The average Bonchev–Trinajstić information content (AvgIpc) is 3.03. The van der Waals surface area contributed by atoms with E-state index in [4.69, 9.17) is 12.2 Å². The lowest BCUT2D eigenvalue weighted by atomic mass is 10.1. The van der Waals surface area contributed by atoms with Crippen LogP contribution in [-0.2, 0) is 12.7 Å². The maximum Gasteiger partial charge on any atom is 0.418 e. The Morgan fingerprint density at radius 2 is 1.78 bits per heavy atom. The van der Waals surface area contributed by atoms with Crippen molar-refractivity contribution >= 4 is 28.7 Å². The summed E-state index contributed by atoms with van der Waals surface area (Å²) in [4.78, 5) is 0. The molecule has 0 amide bonds. The molecule has 2 N–H and O–H groups in total. The van der Waals surface area contributed by atoms with Gasteiger partial charge < -0.3 is 10.6 Å². The van der Waals surface area contributed by atoms with E-state index >= 15 is 0 Å². The van der Waals surface area contributed by atoms with Gasteiger partial charge in [-0.15, -0.1) is 0 Å². The van der Waals surface area contributed by atoms with Gasteiger partial charge in [-0.05, 0) is 42.4 Å². The minimum atomic E-state index is -4.46. The summed E-state index contributed by atoms with van der Waals surface area (Å²) < 4.78 is 40.9. The number of anilines is 2. The molecule has 0 aliphatic carbocycles. The van der Waals surface area contributed by atoms with E-state index in [1.54, 1.807) is 17.1 Å². The topological polar surface area (TPSA) is 41.9 Å². The molecule has 0 aliphatic heterocycles. The van der Waals surface area contributed by atoms with E-state index in [1.165, 1.54) is 18.2 Å². The van der Waals surface area contributed by atoms with Gasteiger partial charge in [0.05, 0.1) is 29.7 Å². The number of benzene rings is 2. The molecule has 0 saturated carbocycles. The standard InChI is InChI=1S/C19H17F3N4S/c1-13-6-2-3-7-14(13)11-26-12-15(10-23-26)24-18(27)25-17-9-5-4-8-16(17)19(20,21)22/h2-10,12H,11H2,1H3,(H2,24,25,27). The Morgan fingerprint density at radius 1 is 1.07 bits per heavy atom. The van der Waals surface area contributed by atoms with Crippen LogP contribution >= 0.6 is 12.2 Å². The third-order valence-electron chi connectivity index (χ3n) is 3.97. The lowest BCUT2D eigenvalue weighted by Crippen LogP contribution is -2.21. The molecule has 0 unspecified atom stereocenters. The lowest BCUT2D eigenvalue weighted by molar-refractivity contribution is -0.136. The van der Waals surface area contributed by atoms with Crippen molar-refractivity contribution in [3.63, 3.8) is 0 Å². The Labute approximate surface area is 160 Å². The molecule has 0 spiro atoms. The highest BCUT2D eigenvalue weighted by Crippen LogP contribution is 2.34. The minimum Gasteiger partial charge on any atom is -0.332 e. The van der Waals surface area contributed by atoms with Crippen LogP contribution in [0.15, 0.2) is 60.9 Å². The van der Waals surface area contributed by atoms with Gasteiger partial charge in [0.25, 0.3) is 0 Å². The second-order valence-electron chi connectivity index (χ2n) is 5.98. The van der Waals surface area contributed by atoms with Crippen LogP contribution in [0.25, 0.3) is 0 Å². The van der Waals surface area contributed by atoms with Crippen molar-refractivity contribution in [2.75, 3.05) is 10.6 Å². The number of nitrogens with zero attached hydrogens (tertiary/aromatic N) is 2. The first-order valence-electron chi connectivity index (χ1n) is 8.14. The maximum absolute atomic E-state index is 13.1. The smallest absolute Gasteiger partial charge is 0.332 e. The van der Waals surface area contributed by atoms with Crippen LogP contribution in [-0.4, -0.2) is 14.9 Å². The summed E-state index contributed by atoms with van der Waals surface area (Å²) in [6.45, 7) is 2.61. The minimum absolute atomic E-state index is 0.0575. The van der Waals surface area contributed by atoms with E-state index in [0.29, 0.717) is 12.2 Å². The van der Waals surface area contributed by atoms with Gasteiger partial charge in [0.15, 0.2) is 5.11 Å². The molecule has 0 bridgehead atoms. The van der Waals surface area contributed by atoms with Crippen molar-refractivity contribution < 1.29 is 13.2 Å². The number of nitrogens with one attached hydrogen (secondary N) is 2. The van der Waals surface area contributed by atoms with Gasteiger partial charge in [-0.3, -0.25) is 4.68 Å². The van der Waals surface area contributed by atoms with Gasteiger partial charge in [0, 0.05) is 6.20 Å².